The number of carbonyl (C=O) groups excluding carboxylic acids is 1. The predicted octanol–water partition coefficient (Wildman–Crippen LogP) is 2.42. The van der Waals surface area contributed by atoms with Crippen LogP contribution in [0, 0.1) is 0 Å². The molecule has 1 aliphatic heterocycles. The van der Waals surface area contributed by atoms with Gasteiger partial charge in [-0.3, -0.25) is 9.48 Å². The highest BCUT2D eigenvalue weighted by Gasteiger charge is 2.20. The van der Waals surface area contributed by atoms with Gasteiger partial charge in [-0.15, -0.1) is 0 Å². The first kappa shape index (κ1) is 13.8. The molecule has 1 aliphatic rings. The zero-order valence-corrected chi connectivity index (χ0v) is 12.7. The molecule has 116 valence electrons. The van der Waals surface area contributed by atoms with Crippen LogP contribution in [0.4, 0.5) is 0 Å². The lowest BCUT2D eigenvalue weighted by Crippen LogP contribution is -2.40. The third kappa shape index (κ3) is 2.77. The standard InChI is InChI=1S/C18H18N4O/c23-18(20-15-8-12-22-17(13-15)7-9-19-22)14-3-5-16(6-4-14)21-10-1-2-11-21/h1-7,9-11,15H,8,12-13H2,(H,20,23)/t15-/m0/s1. The Hall–Kier alpha value is -2.82. The van der Waals surface area contributed by atoms with Crippen LogP contribution in [0.25, 0.3) is 5.69 Å². The van der Waals surface area contributed by atoms with Crippen LogP contribution in [0.1, 0.15) is 22.5 Å². The van der Waals surface area contributed by atoms with E-state index in [4.69, 9.17) is 0 Å². The van der Waals surface area contributed by atoms with Crippen molar-refractivity contribution in [3.05, 3.63) is 72.3 Å². The highest BCUT2D eigenvalue weighted by atomic mass is 16.1. The Morgan fingerprint density at radius 1 is 1.13 bits per heavy atom. The third-order valence-electron chi connectivity index (χ3n) is 4.32. The highest BCUT2D eigenvalue weighted by Crippen LogP contribution is 2.15. The minimum absolute atomic E-state index is 0.0120. The van der Waals surface area contributed by atoms with Crippen molar-refractivity contribution in [2.24, 2.45) is 0 Å². The Morgan fingerprint density at radius 2 is 1.91 bits per heavy atom. The summed E-state index contributed by atoms with van der Waals surface area (Å²) >= 11 is 0. The fourth-order valence-electron chi connectivity index (χ4n) is 3.05. The number of aromatic nitrogens is 3. The molecule has 23 heavy (non-hydrogen) atoms. The van der Waals surface area contributed by atoms with E-state index in [9.17, 15) is 4.79 Å². The number of rotatable bonds is 3. The molecule has 5 nitrogen and oxygen atoms in total. The summed E-state index contributed by atoms with van der Waals surface area (Å²) in [4.78, 5) is 12.4. The third-order valence-corrected chi connectivity index (χ3v) is 4.32. The number of hydrogen-bond donors (Lipinski definition) is 1. The van der Waals surface area contributed by atoms with Gasteiger partial charge in [0.05, 0.1) is 0 Å². The fraction of sp³-hybridized carbons (Fsp3) is 0.222. The number of aryl methyl sites for hydroxylation is 1. The second-order valence-corrected chi connectivity index (χ2v) is 5.85. The lowest BCUT2D eigenvalue weighted by molar-refractivity contribution is 0.0930. The molecule has 3 heterocycles. The first-order chi connectivity index (χ1) is 11.3. The van der Waals surface area contributed by atoms with Crippen molar-refractivity contribution in [3.8, 4) is 5.69 Å². The average Bonchev–Trinajstić information content (AvgIpc) is 3.26. The SMILES string of the molecule is O=C(N[C@H]1CCn2nccc2C1)c1ccc(-n2cccc2)cc1. The molecule has 1 atom stereocenters. The Labute approximate surface area is 134 Å². The largest absolute Gasteiger partial charge is 0.349 e. The molecular weight excluding hydrogens is 288 g/mol. The number of amides is 1. The smallest absolute Gasteiger partial charge is 0.251 e. The molecule has 1 aromatic carbocycles. The summed E-state index contributed by atoms with van der Waals surface area (Å²) in [6.45, 7) is 0.861. The van der Waals surface area contributed by atoms with Gasteiger partial charge in [0.2, 0.25) is 0 Å². The van der Waals surface area contributed by atoms with Gasteiger partial charge in [-0.2, -0.15) is 5.10 Å². The second-order valence-electron chi connectivity index (χ2n) is 5.85. The number of nitrogens with one attached hydrogen (secondary N) is 1. The van der Waals surface area contributed by atoms with Gasteiger partial charge in [-0.05, 0) is 48.9 Å². The maximum absolute atomic E-state index is 12.4. The molecule has 0 fully saturated rings. The predicted molar refractivity (Wildman–Crippen MR) is 87.6 cm³/mol. The lowest BCUT2D eigenvalue weighted by Gasteiger charge is -2.24. The Kier molecular flexibility index (Phi) is 3.46. The van der Waals surface area contributed by atoms with Gasteiger partial charge >= 0.3 is 0 Å². The molecule has 1 N–H and O–H groups in total. The van der Waals surface area contributed by atoms with E-state index >= 15 is 0 Å². The summed E-state index contributed by atoms with van der Waals surface area (Å²) in [5, 5.41) is 7.40. The molecule has 0 spiro atoms. The molecule has 0 radical (unpaired) electrons. The lowest BCUT2D eigenvalue weighted by atomic mass is 10.0. The monoisotopic (exact) mass is 306 g/mol. The quantitative estimate of drug-likeness (QED) is 0.808. The van der Waals surface area contributed by atoms with Crippen LogP contribution in [0.5, 0.6) is 0 Å². The molecule has 5 heteroatoms. The summed E-state index contributed by atoms with van der Waals surface area (Å²) in [5.74, 6) is -0.0120. The van der Waals surface area contributed by atoms with Crippen LogP contribution in [0.3, 0.4) is 0 Å². The van der Waals surface area contributed by atoms with Crippen molar-refractivity contribution in [1.82, 2.24) is 19.7 Å². The van der Waals surface area contributed by atoms with Gasteiger partial charge in [-0.1, -0.05) is 0 Å². The van der Waals surface area contributed by atoms with E-state index in [2.05, 4.69) is 10.4 Å². The van der Waals surface area contributed by atoms with Gasteiger partial charge in [0, 0.05) is 54.5 Å². The topological polar surface area (TPSA) is 51.9 Å². The van der Waals surface area contributed by atoms with Gasteiger partial charge < -0.3 is 9.88 Å². The van der Waals surface area contributed by atoms with Crippen LogP contribution in [-0.2, 0) is 13.0 Å². The summed E-state index contributed by atoms with van der Waals surface area (Å²) in [7, 11) is 0. The zero-order chi connectivity index (χ0) is 15.6. The normalized spacial score (nSPS) is 16.8. The van der Waals surface area contributed by atoms with E-state index in [1.807, 2.05) is 70.3 Å². The molecular formula is C18H18N4O. The zero-order valence-electron chi connectivity index (χ0n) is 12.7. The second kappa shape index (κ2) is 5.76. The number of fused-ring (bicyclic) bond motifs is 1. The molecule has 0 unspecified atom stereocenters. The minimum atomic E-state index is -0.0120. The summed E-state index contributed by atoms with van der Waals surface area (Å²) < 4.78 is 4.03. The van der Waals surface area contributed by atoms with Crippen molar-refractivity contribution >= 4 is 5.91 Å². The minimum Gasteiger partial charge on any atom is -0.349 e. The van der Waals surface area contributed by atoms with Crippen LogP contribution >= 0.6 is 0 Å². The maximum atomic E-state index is 12.4. The van der Waals surface area contributed by atoms with E-state index in [0.717, 1.165) is 25.1 Å². The molecule has 3 aromatic rings. The first-order valence-electron chi connectivity index (χ1n) is 7.84. The molecule has 0 saturated carbocycles. The van der Waals surface area contributed by atoms with Gasteiger partial charge in [0.1, 0.15) is 0 Å². The van der Waals surface area contributed by atoms with Crippen LogP contribution < -0.4 is 5.32 Å². The average molecular weight is 306 g/mol. The number of benzene rings is 1. The van der Waals surface area contributed by atoms with Crippen molar-refractivity contribution in [3.63, 3.8) is 0 Å². The molecule has 0 bridgehead atoms. The van der Waals surface area contributed by atoms with E-state index in [1.54, 1.807) is 0 Å². The van der Waals surface area contributed by atoms with Crippen molar-refractivity contribution in [2.75, 3.05) is 0 Å². The van der Waals surface area contributed by atoms with Crippen molar-refractivity contribution in [2.45, 2.75) is 25.4 Å². The molecule has 4 rings (SSSR count). The van der Waals surface area contributed by atoms with Gasteiger partial charge in [-0.25, -0.2) is 0 Å². The summed E-state index contributed by atoms with van der Waals surface area (Å²) in [5.41, 5.74) is 2.93. The summed E-state index contributed by atoms with van der Waals surface area (Å²) in [6, 6.07) is 13.8. The highest BCUT2D eigenvalue weighted by molar-refractivity contribution is 5.94. The Bertz CT molecular complexity index is 802. The first-order valence-corrected chi connectivity index (χ1v) is 7.84. The number of hydrogen-bond acceptors (Lipinski definition) is 2. The maximum Gasteiger partial charge on any atom is 0.251 e. The molecule has 1 amide bonds. The molecule has 2 aromatic heterocycles. The van der Waals surface area contributed by atoms with Crippen molar-refractivity contribution in [1.29, 1.82) is 0 Å². The van der Waals surface area contributed by atoms with Crippen molar-refractivity contribution < 1.29 is 4.79 Å². The Balaban J connectivity index is 1.43. The van der Waals surface area contributed by atoms with Crippen LogP contribution in [-0.4, -0.2) is 26.3 Å². The van der Waals surface area contributed by atoms with E-state index < -0.39 is 0 Å². The van der Waals surface area contributed by atoms with Gasteiger partial charge in [0.15, 0.2) is 0 Å². The van der Waals surface area contributed by atoms with Crippen LogP contribution in [0.15, 0.2) is 61.1 Å². The van der Waals surface area contributed by atoms with E-state index in [0.29, 0.717) is 5.56 Å². The molecule has 0 saturated heterocycles. The number of carbonyl (C=O) groups is 1. The van der Waals surface area contributed by atoms with Crippen LogP contribution in [0.2, 0.25) is 0 Å². The Morgan fingerprint density at radius 3 is 2.70 bits per heavy atom. The van der Waals surface area contributed by atoms with E-state index in [-0.39, 0.29) is 11.9 Å². The fourth-order valence-corrected chi connectivity index (χ4v) is 3.05. The van der Waals surface area contributed by atoms with Gasteiger partial charge in [0.25, 0.3) is 5.91 Å². The molecule has 0 aliphatic carbocycles. The summed E-state index contributed by atoms with van der Waals surface area (Å²) in [6.07, 6.45) is 7.55. The number of nitrogens with zero attached hydrogens (tertiary/aromatic N) is 3. The van der Waals surface area contributed by atoms with E-state index in [1.165, 1.54) is 5.69 Å².